The predicted octanol–water partition coefficient (Wildman–Crippen LogP) is 3.29. The van der Waals surface area contributed by atoms with Crippen LogP contribution in [0.1, 0.15) is 37.9 Å². The van der Waals surface area contributed by atoms with E-state index in [9.17, 15) is 13.2 Å². The maximum atomic E-state index is 12.8. The summed E-state index contributed by atoms with van der Waals surface area (Å²) in [6.45, 7) is 5.53. The van der Waals surface area contributed by atoms with Gasteiger partial charge in [0.05, 0.1) is 25.1 Å². The highest BCUT2D eigenvalue weighted by Crippen LogP contribution is 2.25. The SMILES string of the molecule is CCc1ccc([C@H](C)NC(=O)[C@H](C)N(c2cccc(OC)c2)S(C)(=O)=O)cc1. The standard InChI is InChI=1S/C21H28N2O4S/c1-6-17-10-12-18(13-11-17)15(2)22-21(24)16(3)23(28(5,25)26)19-8-7-9-20(14-19)27-4/h7-16H,6H2,1-5H3,(H,22,24)/t15-,16-/m0/s1. The largest absolute Gasteiger partial charge is 0.497 e. The van der Waals surface area contributed by atoms with Gasteiger partial charge in [0.15, 0.2) is 0 Å². The molecule has 1 N–H and O–H groups in total. The molecule has 0 bridgehead atoms. The van der Waals surface area contributed by atoms with Crippen molar-refractivity contribution >= 4 is 21.6 Å². The van der Waals surface area contributed by atoms with Crippen molar-refractivity contribution < 1.29 is 17.9 Å². The van der Waals surface area contributed by atoms with Crippen LogP contribution in [0.2, 0.25) is 0 Å². The van der Waals surface area contributed by atoms with Crippen molar-refractivity contribution in [1.29, 1.82) is 0 Å². The summed E-state index contributed by atoms with van der Waals surface area (Å²) in [5.74, 6) is 0.142. The second-order valence-electron chi connectivity index (χ2n) is 6.76. The number of amides is 1. The van der Waals surface area contributed by atoms with Crippen molar-refractivity contribution in [2.75, 3.05) is 17.7 Å². The van der Waals surface area contributed by atoms with E-state index in [4.69, 9.17) is 4.74 Å². The number of anilines is 1. The first-order chi connectivity index (χ1) is 13.2. The van der Waals surface area contributed by atoms with Crippen molar-refractivity contribution in [2.45, 2.75) is 39.3 Å². The molecular formula is C21H28N2O4S. The van der Waals surface area contributed by atoms with E-state index in [1.165, 1.54) is 12.7 Å². The number of carbonyl (C=O) groups excluding carboxylic acids is 1. The minimum Gasteiger partial charge on any atom is -0.497 e. The molecule has 2 rings (SSSR count). The lowest BCUT2D eigenvalue weighted by Gasteiger charge is -2.29. The summed E-state index contributed by atoms with van der Waals surface area (Å²) >= 11 is 0. The van der Waals surface area contributed by atoms with Crippen LogP contribution < -0.4 is 14.4 Å². The van der Waals surface area contributed by atoms with Crippen LogP contribution in [0.5, 0.6) is 5.75 Å². The number of methoxy groups -OCH3 is 1. The normalized spacial score (nSPS) is 13.5. The summed E-state index contributed by atoms with van der Waals surface area (Å²) in [4.78, 5) is 12.8. The molecule has 0 saturated heterocycles. The molecule has 0 radical (unpaired) electrons. The lowest BCUT2D eigenvalue weighted by Crippen LogP contribution is -2.48. The van der Waals surface area contributed by atoms with Gasteiger partial charge in [0.1, 0.15) is 11.8 Å². The van der Waals surface area contributed by atoms with Gasteiger partial charge in [-0.25, -0.2) is 8.42 Å². The van der Waals surface area contributed by atoms with Gasteiger partial charge < -0.3 is 10.1 Å². The first-order valence-corrected chi connectivity index (χ1v) is 11.0. The smallest absolute Gasteiger partial charge is 0.244 e. The first-order valence-electron chi connectivity index (χ1n) is 9.20. The van der Waals surface area contributed by atoms with Crippen molar-refractivity contribution in [2.24, 2.45) is 0 Å². The Morgan fingerprint density at radius 1 is 1.14 bits per heavy atom. The number of sulfonamides is 1. The molecule has 0 aliphatic carbocycles. The number of aryl methyl sites for hydroxylation is 1. The Hall–Kier alpha value is -2.54. The molecule has 0 spiro atoms. The number of rotatable bonds is 8. The maximum absolute atomic E-state index is 12.8. The highest BCUT2D eigenvalue weighted by molar-refractivity contribution is 7.92. The molecule has 0 saturated carbocycles. The molecule has 0 aliphatic rings. The summed E-state index contributed by atoms with van der Waals surface area (Å²) in [6.07, 6.45) is 2.03. The molecule has 1 amide bonds. The van der Waals surface area contributed by atoms with Crippen molar-refractivity contribution in [3.8, 4) is 5.75 Å². The second-order valence-corrected chi connectivity index (χ2v) is 8.62. The molecule has 7 heteroatoms. The molecule has 0 heterocycles. The Morgan fingerprint density at radius 3 is 2.32 bits per heavy atom. The van der Waals surface area contributed by atoms with Gasteiger partial charge >= 0.3 is 0 Å². The van der Waals surface area contributed by atoms with E-state index in [1.807, 2.05) is 31.2 Å². The van der Waals surface area contributed by atoms with Gasteiger partial charge in [-0.2, -0.15) is 0 Å². The molecule has 6 nitrogen and oxygen atoms in total. The Bertz CT molecular complexity index is 910. The first kappa shape index (κ1) is 21.8. The molecule has 28 heavy (non-hydrogen) atoms. The third-order valence-corrected chi connectivity index (χ3v) is 5.88. The maximum Gasteiger partial charge on any atom is 0.244 e. The van der Waals surface area contributed by atoms with Crippen LogP contribution in [-0.2, 0) is 21.2 Å². The monoisotopic (exact) mass is 404 g/mol. The van der Waals surface area contributed by atoms with E-state index in [2.05, 4.69) is 12.2 Å². The highest BCUT2D eigenvalue weighted by atomic mass is 32.2. The van der Waals surface area contributed by atoms with Gasteiger partial charge in [-0.05, 0) is 43.5 Å². The van der Waals surface area contributed by atoms with Crippen molar-refractivity contribution in [3.63, 3.8) is 0 Å². The van der Waals surface area contributed by atoms with E-state index >= 15 is 0 Å². The van der Waals surface area contributed by atoms with Gasteiger partial charge in [0.2, 0.25) is 15.9 Å². The zero-order chi connectivity index (χ0) is 20.9. The Kier molecular flexibility index (Phi) is 7.07. The Labute approximate surface area is 167 Å². The topological polar surface area (TPSA) is 75.7 Å². The van der Waals surface area contributed by atoms with Crippen LogP contribution in [0.3, 0.4) is 0 Å². The molecule has 0 unspecified atom stereocenters. The molecule has 2 aromatic rings. The summed E-state index contributed by atoms with van der Waals surface area (Å²) in [5, 5.41) is 2.91. The fraction of sp³-hybridized carbons (Fsp3) is 0.381. The van der Waals surface area contributed by atoms with Gasteiger partial charge in [0, 0.05) is 6.07 Å². The van der Waals surface area contributed by atoms with Gasteiger partial charge in [-0.1, -0.05) is 37.3 Å². The minimum atomic E-state index is -3.68. The van der Waals surface area contributed by atoms with Crippen molar-refractivity contribution in [1.82, 2.24) is 5.32 Å². The molecule has 2 atom stereocenters. The second kappa shape index (κ2) is 9.10. The number of ether oxygens (including phenoxy) is 1. The van der Waals surface area contributed by atoms with Crippen LogP contribution in [-0.4, -0.2) is 33.7 Å². The summed E-state index contributed by atoms with van der Waals surface area (Å²) < 4.78 is 31.1. The molecule has 0 aliphatic heterocycles. The lowest BCUT2D eigenvalue weighted by atomic mass is 10.0. The Balaban J connectivity index is 2.23. The predicted molar refractivity (Wildman–Crippen MR) is 112 cm³/mol. The number of hydrogen-bond acceptors (Lipinski definition) is 4. The zero-order valence-electron chi connectivity index (χ0n) is 17.0. The lowest BCUT2D eigenvalue weighted by molar-refractivity contribution is -0.122. The van der Waals surface area contributed by atoms with Gasteiger partial charge in [-0.3, -0.25) is 9.10 Å². The number of benzene rings is 2. The quantitative estimate of drug-likeness (QED) is 0.733. The van der Waals surface area contributed by atoms with Crippen LogP contribution in [0.15, 0.2) is 48.5 Å². The number of nitrogens with zero attached hydrogens (tertiary/aromatic N) is 1. The minimum absolute atomic E-state index is 0.243. The summed E-state index contributed by atoms with van der Waals surface area (Å²) in [6, 6.07) is 13.5. The van der Waals surface area contributed by atoms with Gasteiger partial charge in [0.25, 0.3) is 0 Å². The third kappa shape index (κ3) is 5.25. The van der Waals surface area contributed by atoms with Gasteiger partial charge in [-0.15, -0.1) is 0 Å². The molecule has 2 aromatic carbocycles. The average molecular weight is 405 g/mol. The van der Waals surface area contributed by atoms with Crippen LogP contribution >= 0.6 is 0 Å². The van der Waals surface area contributed by atoms with E-state index in [-0.39, 0.29) is 11.9 Å². The van der Waals surface area contributed by atoms with E-state index in [0.717, 1.165) is 22.5 Å². The molecule has 0 aromatic heterocycles. The van der Waals surface area contributed by atoms with E-state index < -0.39 is 16.1 Å². The van der Waals surface area contributed by atoms with Crippen LogP contribution in [0, 0.1) is 0 Å². The van der Waals surface area contributed by atoms with E-state index in [0.29, 0.717) is 11.4 Å². The van der Waals surface area contributed by atoms with Crippen LogP contribution in [0.25, 0.3) is 0 Å². The number of carbonyl (C=O) groups is 1. The molecule has 0 fully saturated rings. The number of nitrogens with one attached hydrogen (secondary N) is 1. The molecule has 152 valence electrons. The zero-order valence-corrected chi connectivity index (χ0v) is 17.8. The van der Waals surface area contributed by atoms with Crippen LogP contribution in [0.4, 0.5) is 5.69 Å². The third-order valence-electron chi connectivity index (χ3n) is 4.64. The summed E-state index contributed by atoms with van der Waals surface area (Å²) in [5.41, 5.74) is 2.56. The average Bonchev–Trinajstić information content (AvgIpc) is 2.67. The molecular weight excluding hydrogens is 376 g/mol. The highest BCUT2D eigenvalue weighted by Gasteiger charge is 2.30. The fourth-order valence-corrected chi connectivity index (χ4v) is 4.18. The van der Waals surface area contributed by atoms with Crippen molar-refractivity contribution in [3.05, 3.63) is 59.7 Å². The Morgan fingerprint density at radius 2 is 1.79 bits per heavy atom. The summed E-state index contributed by atoms with van der Waals surface area (Å²) in [7, 11) is -2.17. The van der Waals surface area contributed by atoms with E-state index in [1.54, 1.807) is 31.2 Å². The fourth-order valence-electron chi connectivity index (χ4n) is 3.02. The number of hydrogen-bond donors (Lipinski definition) is 1.